The van der Waals surface area contributed by atoms with Gasteiger partial charge in [-0.15, -0.1) is 0 Å². The number of amides is 2. The van der Waals surface area contributed by atoms with Crippen molar-refractivity contribution in [3.63, 3.8) is 0 Å². The summed E-state index contributed by atoms with van der Waals surface area (Å²) in [7, 11) is 1.49. The maximum Gasteiger partial charge on any atom is 0.334 e. The first-order chi connectivity index (χ1) is 10.0. The second-order valence-corrected chi connectivity index (χ2v) is 4.46. The van der Waals surface area contributed by atoms with E-state index in [2.05, 4.69) is 10.3 Å². The van der Waals surface area contributed by atoms with E-state index in [0.29, 0.717) is 12.1 Å². The molecule has 1 saturated heterocycles. The van der Waals surface area contributed by atoms with Crippen molar-refractivity contribution in [3.8, 4) is 0 Å². The summed E-state index contributed by atoms with van der Waals surface area (Å²) in [5, 5.41) is 11.3. The Bertz CT molecular complexity index is 557. The number of hydrogen-bond donors (Lipinski definition) is 2. The number of carbonyl (C=O) groups excluding carboxylic acids is 2. The van der Waals surface area contributed by atoms with Crippen LogP contribution in [0.5, 0.6) is 0 Å². The van der Waals surface area contributed by atoms with Gasteiger partial charge in [0.1, 0.15) is 5.69 Å². The molecule has 1 atom stereocenters. The van der Waals surface area contributed by atoms with E-state index >= 15 is 0 Å². The minimum atomic E-state index is -1.10. The molecule has 1 aliphatic heterocycles. The van der Waals surface area contributed by atoms with Crippen LogP contribution in [0.2, 0.25) is 0 Å². The van der Waals surface area contributed by atoms with E-state index in [1.807, 2.05) is 0 Å². The molecule has 2 heterocycles. The van der Waals surface area contributed by atoms with Gasteiger partial charge >= 0.3 is 5.97 Å². The van der Waals surface area contributed by atoms with Gasteiger partial charge in [0.25, 0.3) is 11.8 Å². The first-order valence-corrected chi connectivity index (χ1v) is 6.34. The van der Waals surface area contributed by atoms with Crippen LogP contribution in [0, 0.1) is 0 Å². The smallest absolute Gasteiger partial charge is 0.334 e. The number of nitrogens with zero attached hydrogens (tertiary/aromatic N) is 2. The minimum Gasteiger partial charge on any atom is -0.479 e. The number of aromatic nitrogens is 1. The van der Waals surface area contributed by atoms with E-state index in [0.717, 1.165) is 0 Å². The number of carboxylic acid groups (broad SMARTS) is 1. The number of carboxylic acids is 1. The van der Waals surface area contributed by atoms with Crippen molar-refractivity contribution in [1.82, 2.24) is 15.2 Å². The molecule has 1 unspecified atom stereocenters. The van der Waals surface area contributed by atoms with Crippen molar-refractivity contribution in [3.05, 3.63) is 29.6 Å². The molecule has 2 rings (SSSR count). The predicted octanol–water partition coefficient (Wildman–Crippen LogP) is -0.633. The summed E-state index contributed by atoms with van der Waals surface area (Å²) in [6.07, 6.45) is 0.291. The summed E-state index contributed by atoms with van der Waals surface area (Å²) in [5.74, 6) is -1.77. The molecular weight excluding hydrogens is 278 g/mol. The molecule has 112 valence electrons. The van der Waals surface area contributed by atoms with E-state index in [9.17, 15) is 14.4 Å². The fourth-order valence-corrected chi connectivity index (χ4v) is 1.95. The molecule has 0 aliphatic carbocycles. The Kier molecular flexibility index (Phi) is 4.49. The van der Waals surface area contributed by atoms with Crippen molar-refractivity contribution in [1.29, 1.82) is 0 Å². The predicted molar refractivity (Wildman–Crippen MR) is 70.9 cm³/mol. The summed E-state index contributed by atoms with van der Waals surface area (Å²) < 4.78 is 5.06. The Balaban J connectivity index is 2.09. The van der Waals surface area contributed by atoms with Crippen LogP contribution in [-0.4, -0.2) is 65.6 Å². The molecule has 8 nitrogen and oxygen atoms in total. The molecule has 0 saturated carbocycles. The molecule has 21 heavy (non-hydrogen) atoms. The molecule has 8 heteroatoms. The topological polar surface area (TPSA) is 109 Å². The van der Waals surface area contributed by atoms with Gasteiger partial charge in [-0.2, -0.15) is 0 Å². The summed E-state index contributed by atoms with van der Waals surface area (Å²) in [6.45, 7) is 0.484. The molecular formula is C13H15N3O5. The van der Waals surface area contributed by atoms with Gasteiger partial charge in [-0.3, -0.25) is 14.6 Å². The van der Waals surface area contributed by atoms with Gasteiger partial charge in [-0.1, -0.05) is 0 Å². The fourth-order valence-electron chi connectivity index (χ4n) is 1.95. The first-order valence-electron chi connectivity index (χ1n) is 6.34. The molecule has 0 aromatic carbocycles. The Morgan fingerprint density at radius 3 is 2.76 bits per heavy atom. The van der Waals surface area contributed by atoms with Crippen molar-refractivity contribution < 1.29 is 24.2 Å². The Labute approximate surface area is 120 Å². The lowest BCUT2D eigenvalue weighted by atomic mass is 10.2. The molecule has 2 amide bonds. The summed E-state index contributed by atoms with van der Waals surface area (Å²) >= 11 is 0. The fraction of sp³-hybridized carbons (Fsp3) is 0.385. The molecule has 0 spiro atoms. The zero-order valence-electron chi connectivity index (χ0n) is 11.4. The van der Waals surface area contributed by atoms with Crippen molar-refractivity contribution >= 4 is 17.8 Å². The molecule has 0 bridgehead atoms. The molecule has 1 fully saturated rings. The van der Waals surface area contributed by atoms with E-state index in [4.69, 9.17) is 9.84 Å². The number of nitrogens with one attached hydrogen (secondary N) is 1. The first kappa shape index (κ1) is 14.9. The SMILES string of the molecule is CNC(=O)c1ccc(C(=O)N2CCOC(C(=O)O)C2)cn1. The second-order valence-electron chi connectivity index (χ2n) is 4.46. The number of ether oxygens (including phenoxy) is 1. The zero-order valence-corrected chi connectivity index (χ0v) is 11.4. The van der Waals surface area contributed by atoms with E-state index in [1.54, 1.807) is 0 Å². The van der Waals surface area contributed by atoms with Crippen LogP contribution in [0.25, 0.3) is 0 Å². The zero-order chi connectivity index (χ0) is 15.4. The highest BCUT2D eigenvalue weighted by Gasteiger charge is 2.29. The van der Waals surface area contributed by atoms with Crippen LogP contribution in [0.15, 0.2) is 18.3 Å². The number of morpholine rings is 1. The third kappa shape index (κ3) is 3.34. The van der Waals surface area contributed by atoms with Crippen LogP contribution in [0.3, 0.4) is 0 Å². The summed E-state index contributed by atoms with van der Waals surface area (Å²) in [5.41, 5.74) is 0.508. The van der Waals surface area contributed by atoms with Crippen molar-refractivity contribution in [2.45, 2.75) is 6.10 Å². The largest absolute Gasteiger partial charge is 0.479 e. The molecule has 0 radical (unpaired) electrons. The van der Waals surface area contributed by atoms with Crippen molar-refractivity contribution in [2.75, 3.05) is 26.7 Å². The molecule has 1 aromatic rings. The van der Waals surface area contributed by atoms with Crippen LogP contribution >= 0.6 is 0 Å². The van der Waals surface area contributed by atoms with Crippen LogP contribution in [0.4, 0.5) is 0 Å². The average Bonchev–Trinajstić information content (AvgIpc) is 2.53. The van der Waals surface area contributed by atoms with Gasteiger partial charge < -0.3 is 20.1 Å². The number of pyridine rings is 1. The molecule has 1 aromatic heterocycles. The van der Waals surface area contributed by atoms with Crippen molar-refractivity contribution in [2.24, 2.45) is 0 Å². The Morgan fingerprint density at radius 1 is 1.43 bits per heavy atom. The summed E-state index contributed by atoms with van der Waals surface area (Å²) in [4.78, 5) is 39.8. The lowest BCUT2D eigenvalue weighted by molar-refractivity contribution is -0.154. The number of carbonyl (C=O) groups is 3. The van der Waals surface area contributed by atoms with Gasteiger partial charge in [0, 0.05) is 19.8 Å². The minimum absolute atomic E-state index is 0.00857. The van der Waals surface area contributed by atoms with Gasteiger partial charge in [0.15, 0.2) is 6.10 Å². The third-order valence-electron chi connectivity index (χ3n) is 3.10. The van der Waals surface area contributed by atoms with E-state index in [1.165, 1.54) is 30.3 Å². The number of aliphatic carboxylic acids is 1. The highest BCUT2D eigenvalue weighted by molar-refractivity contribution is 5.96. The van der Waals surface area contributed by atoms with Crippen LogP contribution < -0.4 is 5.32 Å². The van der Waals surface area contributed by atoms with Gasteiger partial charge in [-0.05, 0) is 12.1 Å². The van der Waals surface area contributed by atoms with E-state index in [-0.39, 0.29) is 30.7 Å². The second kappa shape index (κ2) is 6.31. The standard InChI is InChI=1S/C13H15N3O5/c1-14-11(17)9-3-2-8(6-15-9)12(18)16-4-5-21-10(7-16)13(19)20/h2-3,6,10H,4-5,7H2,1H3,(H,14,17)(H,19,20). The summed E-state index contributed by atoms with van der Waals surface area (Å²) in [6, 6.07) is 2.94. The lowest BCUT2D eigenvalue weighted by Gasteiger charge is -2.30. The highest BCUT2D eigenvalue weighted by atomic mass is 16.5. The van der Waals surface area contributed by atoms with Crippen LogP contribution in [0.1, 0.15) is 20.8 Å². The van der Waals surface area contributed by atoms with E-state index < -0.39 is 12.1 Å². The average molecular weight is 293 g/mol. The van der Waals surface area contributed by atoms with Crippen LogP contribution in [-0.2, 0) is 9.53 Å². The quantitative estimate of drug-likeness (QED) is 0.768. The lowest BCUT2D eigenvalue weighted by Crippen LogP contribution is -2.48. The third-order valence-corrected chi connectivity index (χ3v) is 3.10. The Morgan fingerprint density at radius 2 is 2.19 bits per heavy atom. The van der Waals surface area contributed by atoms with Gasteiger partial charge in [-0.25, -0.2) is 4.79 Å². The number of rotatable bonds is 3. The maximum absolute atomic E-state index is 12.3. The molecule has 2 N–H and O–H groups in total. The normalized spacial score (nSPS) is 18.1. The monoisotopic (exact) mass is 293 g/mol. The number of hydrogen-bond acceptors (Lipinski definition) is 5. The van der Waals surface area contributed by atoms with Gasteiger partial charge in [0.2, 0.25) is 0 Å². The van der Waals surface area contributed by atoms with Gasteiger partial charge in [0.05, 0.1) is 18.7 Å². The highest BCUT2D eigenvalue weighted by Crippen LogP contribution is 2.11. The Hall–Kier alpha value is -2.48. The maximum atomic E-state index is 12.3. The molecule has 1 aliphatic rings.